The van der Waals surface area contributed by atoms with Gasteiger partial charge in [-0.2, -0.15) is 5.10 Å². The van der Waals surface area contributed by atoms with Crippen molar-refractivity contribution in [2.75, 3.05) is 13.1 Å². The van der Waals surface area contributed by atoms with Crippen molar-refractivity contribution >= 4 is 5.91 Å². The summed E-state index contributed by atoms with van der Waals surface area (Å²) in [6, 6.07) is 9.97. The maximum atomic E-state index is 12.5. The van der Waals surface area contributed by atoms with E-state index in [1.807, 2.05) is 30.3 Å². The molecule has 1 aliphatic rings. The molecule has 4 N–H and O–H groups in total. The number of aliphatic hydroxyl groups excluding tert-OH is 1. The Labute approximate surface area is 141 Å². The van der Waals surface area contributed by atoms with Crippen LogP contribution in [0.25, 0.3) is 0 Å². The lowest BCUT2D eigenvalue weighted by molar-refractivity contribution is 0.0939. The fourth-order valence-corrected chi connectivity index (χ4v) is 3.19. The average molecular weight is 328 g/mol. The number of fused-ring (bicyclic) bond motifs is 1. The molecule has 0 spiro atoms. The van der Waals surface area contributed by atoms with E-state index in [0.717, 1.165) is 29.8 Å². The predicted octanol–water partition coefficient (Wildman–Crippen LogP) is 1.34. The predicted molar refractivity (Wildman–Crippen MR) is 91.8 cm³/mol. The summed E-state index contributed by atoms with van der Waals surface area (Å²) in [5.74, 6) is -0.0919. The Morgan fingerprint density at radius 2 is 2.17 bits per heavy atom. The number of carbonyl (C=O) groups is 1. The Hall–Kier alpha value is -2.18. The van der Waals surface area contributed by atoms with Gasteiger partial charge in [0.1, 0.15) is 0 Å². The number of rotatable bonds is 6. The zero-order valence-corrected chi connectivity index (χ0v) is 13.9. The molecular formula is C18H24N4O2. The van der Waals surface area contributed by atoms with Crippen LogP contribution < -0.4 is 10.6 Å². The molecule has 2 atom stereocenters. The van der Waals surface area contributed by atoms with Gasteiger partial charge in [-0.3, -0.25) is 9.89 Å². The van der Waals surface area contributed by atoms with Crippen molar-refractivity contribution < 1.29 is 9.90 Å². The number of amides is 1. The molecule has 0 saturated carbocycles. The van der Waals surface area contributed by atoms with Gasteiger partial charge < -0.3 is 15.7 Å². The number of aliphatic hydroxyl groups is 1. The molecule has 1 aromatic heterocycles. The summed E-state index contributed by atoms with van der Waals surface area (Å²) in [5.41, 5.74) is 3.60. The number of nitrogens with one attached hydrogen (secondary N) is 3. The molecule has 0 aliphatic carbocycles. The number of H-pyrrole nitrogens is 1. The summed E-state index contributed by atoms with van der Waals surface area (Å²) in [6.45, 7) is 3.82. The van der Waals surface area contributed by atoms with Gasteiger partial charge in [0.05, 0.1) is 6.10 Å². The number of carbonyl (C=O) groups excluding carboxylic acids is 1. The first-order valence-electron chi connectivity index (χ1n) is 8.43. The minimum atomic E-state index is -0.422. The van der Waals surface area contributed by atoms with Crippen LogP contribution in [0.2, 0.25) is 0 Å². The smallest absolute Gasteiger partial charge is 0.272 e. The van der Waals surface area contributed by atoms with E-state index in [-0.39, 0.29) is 11.8 Å². The van der Waals surface area contributed by atoms with Crippen molar-refractivity contribution in [3.05, 3.63) is 52.8 Å². The molecule has 2 unspecified atom stereocenters. The van der Waals surface area contributed by atoms with Crippen molar-refractivity contribution in [2.24, 2.45) is 0 Å². The normalized spacial score (nSPS) is 16.2. The minimum Gasteiger partial charge on any atom is -0.393 e. The van der Waals surface area contributed by atoms with Gasteiger partial charge in [-0.1, -0.05) is 30.3 Å². The molecule has 128 valence electrons. The van der Waals surface area contributed by atoms with Gasteiger partial charge >= 0.3 is 0 Å². The number of aromatic amines is 1. The number of hydrogen-bond donors (Lipinski definition) is 4. The highest BCUT2D eigenvalue weighted by Gasteiger charge is 2.22. The van der Waals surface area contributed by atoms with Crippen molar-refractivity contribution in [2.45, 2.75) is 38.3 Å². The van der Waals surface area contributed by atoms with E-state index in [1.165, 1.54) is 0 Å². The zero-order valence-electron chi connectivity index (χ0n) is 13.9. The molecule has 6 heteroatoms. The first-order chi connectivity index (χ1) is 11.6. The van der Waals surface area contributed by atoms with Crippen LogP contribution in [0.1, 0.15) is 46.6 Å². The SMILES string of the molecule is CC(O)CC(CNC(=O)c1n[nH]c2c1CNCC2)c1ccccc1. The molecule has 3 rings (SSSR count). The van der Waals surface area contributed by atoms with Gasteiger partial charge in [0.15, 0.2) is 5.69 Å². The molecule has 2 heterocycles. The summed E-state index contributed by atoms with van der Waals surface area (Å²) in [6.07, 6.45) is 1.05. The summed E-state index contributed by atoms with van der Waals surface area (Å²) >= 11 is 0. The molecule has 6 nitrogen and oxygen atoms in total. The van der Waals surface area contributed by atoms with Gasteiger partial charge in [0, 0.05) is 43.2 Å². The monoisotopic (exact) mass is 328 g/mol. The lowest BCUT2D eigenvalue weighted by Crippen LogP contribution is -2.32. The Kier molecular flexibility index (Phi) is 5.27. The minimum absolute atomic E-state index is 0.0723. The van der Waals surface area contributed by atoms with E-state index in [9.17, 15) is 9.90 Å². The fraction of sp³-hybridized carbons (Fsp3) is 0.444. The van der Waals surface area contributed by atoms with Crippen LogP contribution in [0.15, 0.2) is 30.3 Å². The molecule has 0 bridgehead atoms. The van der Waals surface area contributed by atoms with Crippen molar-refractivity contribution in [1.29, 1.82) is 0 Å². The second-order valence-corrected chi connectivity index (χ2v) is 6.36. The number of aromatic nitrogens is 2. The van der Waals surface area contributed by atoms with E-state index in [2.05, 4.69) is 20.8 Å². The topological polar surface area (TPSA) is 90.0 Å². The third kappa shape index (κ3) is 3.83. The van der Waals surface area contributed by atoms with Crippen LogP contribution in [-0.2, 0) is 13.0 Å². The highest BCUT2D eigenvalue weighted by molar-refractivity contribution is 5.94. The van der Waals surface area contributed by atoms with Crippen LogP contribution in [0.5, 0.6) is 0 Å². The molecular weight excluding hydrogens is 304 g/mol. The van der Waals surface area contributed by atoms with Crippen molar-refractivity contribution in [1.82, 2.24) is 20.8 Å². The van der Waals surface area contributed by atoms with Gasteiger partial charge in [0.2, 0.25) is 0 Å². The molecule has 0 saturated heterocycles. The summed E-state index contributed by atoms with van der Waals surface area (Å²) in [5, 5.41) is 23.1. The standard InChI is InChI=1S/C18H24N4O2/c1-12(23)9-14(13-5-3-2-4-6-13)10-20-18(24)17-15-11-19-8-7-16(15)21-22-17/h2-6,12,14,19,23H,7-11H2,1H3,(H,20,24)(H,21,22). The summed E-state index contributed by atoms with van der Waals surface area (Å²) in [7, 11) is 0. The van der Waals surface area contributed by atoms with Crippen LogP contribution in [0.3, 0.4) is 0 Å². The average Bonchev–Trinajstić information content (AvgIpc) is 3.03. The molecule has 24 heavy (non-hydrogen) atoms. The Bertz CT molecular complexity index is 682. The molecule has 1 aromatic carbocycles. The van der Waals surface area contributed by atoms with Crippen LogP contribution in [0, 0.1) is 0 Å². The zero-order chi connectivity index (χ0) is 16.9. The van der Waals surface area contributed by atoms with Crippen molar-refractivity contribution in [3.63, 3.8) is 0 Å². The largest absolute Gasteiger partial charge is 0.393 e. The van der Waals surface area contributed by atoms with Crippen LogP contribution in [-0.4, -0.2) is 40.4 Å². The van der Waals surface area contributed by atoms with Gasteiger partial charge in [-0.25, -0.2) is 0 Å². The van der Waals surface area contributed by atoms with E-state index in [0.29, 0.717) is 25.2 Å². The first-order valence-corrected chi connectivity index (χ1v) is 8.43. The maximum absolute atomic E-state index is 12.5. The van der Waals surface area contributed by atoms with Gasteiger partial charge in [0.25, 0.3) is 5.91 Å². The number of hydrogen-bond acceptors (Lipinski definition) is 4. The van der Waals surface area contributed by atoms with E-state index in [1.54, 1.807) is 6.92 Å². The van der Waals surface area contributed by atoms with E-state index in [4.69, 9.17) is 0 Å². The quantitative estimate of drug-likeness (QED) is 0.644. The number of nitrogens with zero attached hydrogens (tertiary/aromatic N) is 1. The maximum Gasteiger partial charge on any atom is 0.272 e. The number of benzene rings is 1. The lowest BCUT2D eigenvalue weighted by atomic mass is 9.93. The molecule has 0 radical (unpaired) electrons. The first kappa shape index (κ1) is 16.7. The Balaban J connectivity index is 1.68. The molecule has 2 aromatic rings. The summed E-state index contributed by atoms with van der Waals surface area (Å²) < 4.78 is 0. The molecule has 1 amide bonds. The second-order valence-electron chi connectivity index (χ2n) is 6.36. The Morgan fingerprint density at radius 1 is 1.38 bits per heavy atom. The lowest BCUT2D eigenvalue weighted by Gasteiger charge is -2.20. The van der Waals surface area contributed by atoms with E-state index < -0.39 is 6.10 Å². The van der Waals surface area contributed by atoms with E-state index >= 15 is 0 Å². The third-order valence-electron chi connectivity index (χ3n) is 4.43. The third-order valence-corrected chi connectivity index (χ3v) is 4.43. The highest BCUT2D eigenvalue weighted by atomic mass is 16.3. The van der Waals surface area contributed by atoms with Crippen LogP contribution in [0.4, 0.5) is 0 Å². The Morgan fingerprint density at radius 3 is 2.92 bits per heavy atom. The van der Waals surface area contributed by atoms with Gasteiger partial charge in [-0.05, 0) is 18.9 Å². The highest BCUT2D eigenvalue weighted by Crippen LogP contribution is 2.21. The molecule has 1 aliphatic heterocycles. The van der Waals surface area contributed by atoms with Crippen LogP contribution >= 0.6 is 0 Å². The molecule has 0 fully saturated rings. The van der Waals surface area contributed by atoms with Crippen molar-refractivity contribution in [3.8, 4) is 0 Å². The fourth-order valence-electron chi connectivity index (χ4n) is 3.19. The summed E-state index contributed by atoms with van der Waals surface area (Å²) in [4.78, 5) is 12.5. The van der Waals surface area contributed by atoms with Gasteiger partial charge in [-0.15, -0.1) is 0 Å². The second kappa shape index (κ2) is 7.59.